The molecule has 0 bridgehead atoms. The molecule has 6 rings (SSSR count). The molecule has 0 unspecified atom stereocenters. The van der Waals surface area contributed by atoms with Crippen LogP contribution in [-0.2, 0) is 0 Å². The van der Waals surface area contributed by atoms with Crippen LogP contribution in [0.1, 0.15) is 41.0 Å². The molecule has 0 saturated heterocycles. The minimum absolute atomic E-state index is 0.900. The van der Waals surface area contributed by atoms with Gasteiger partial charge < -0.3 is 9.13 Å². The number of benzene rings is 4. The number of fused-ring (bicyclic) bond motifs is 6. The van der Waals surface area contributed by atoms with Crippen molar-refractivity contribution in [2.45, 2.75) is 41.0 Å². The number of aromatic nitrogens is 2. The number of hydrogen-bond acceptors (Lipinski definition) is 0. The zero-order chi connectivity index (χ0) is 27.8. The summed E-state index contributed by atoms with van der Waals surface area (Å²) in [6.45, 7) is 11.1. The summed E-state index contributed by atoms with van der Waals surface area (Å²) in [5.41, 5.74) is 11.4. The van der Waals surface area contributed by atoms with E-state index >= 15 is 0 Å². The molecule has 0 aliphatic heterocycles. The van der Waals surface area contributed by atoms with Crippen LogP contribution in [0.3, 0.4) is 0 Å². The van der Waals surface area contributed by atoms with Crippen LogP contribution in [0, 0.1) is 0 Å². The first-order valence-corrected chi connectivity index (χ1v) is 14.1. The van der Waals surface area contributed by atoms with Crippen molar-refractivity contribution in [2.75, 3.05) is 0 Å². The highest BCUT2D eigenvalue weighted by Crippen LogP contribution is 2.34. The Bertz CT molecular complexity index is 1910. The Kier molecular flexibility index (Phi) is 6.77. The van der Waals surface area contributed by atoms with E-state index < -0.39 is 0 Å². The first-order chi connectivity index (χ1) is 19.4. The van der Waals surface area contributed by atoms with E-state index in [2.05, 4.69) is 159 Å². The molecule has 0 aliphatic rings. The summed E-state index contributed by atoms with van der Waals surface area (Å²) in [5, 5.41) is 5.18. The van der Waals surface area contributed by atoms with Crippen LogP contribution >= 0.6 is 0 Å². The van der Waals surface area contributed by atoms with Gasteiger partial charge in [-0.05, 0) is 77.5 Å². The topological polar surface area (TPSA) is 9.86 Å². The highest BCUT2D eigenvalue weighted by Gasteiger charge is 2.13. The number of allylic oxidation sites excluding steroid dienone is 8. The quantitative estimate of drug-likeness (QED) is 0.193. The summed E-state index contributed by atoms with van der Waals surface area (Å²) >= 11 is 0. The van der Waals surface area contributed by atoms with Gasteiger partial charge in [-0.15, -0.1) is 0 Å². The minimum Gasteiger partial charge on any atom is -0.313 e. The summed E-state index contributed by atoms with van der Waals surface area (Å²) < 4.78 is 4.81. The molecule has 2 nitrogen and oxygen atoms in total. The van der Waals surface area contributed by atoms with Gasteiger partial charge in [0, 0.05) is 32.9 Å². The first-order valence-electron chi connectivity index (χ1n) is 14.1. The van der Waals surface area contributed by atoms with Crippen molar-refractivity contribution in [3.8, 4) is 0 Å². The Labute approximate surface area is 236 Å². The largest absolute Gasteiger partial charge is 0.313 e. The van der Waals surface area contributed by atoms with Gasteiger partial charge in [0.25, 0.3) is 0 Å². The van der Waals surface area contributed by atoms with Crippen LogP contribution in [0.15, 0.2) is 132 Å². The molecule has 0 atom stereocenters. The Morgan fingerprint density at radius 3 is 1.35 bits per heavy atom. The molecule has 198 valence electrons. The van der Waals surface area contributed by atoms with Crippen LogP contribution < -0.4 is 0 Å². The molecule has 0 saturated carbocycles. The van der Waals surface area contributed by atoms with E-state index in [1.54, 1.807) is 0 Å². The Morgan fingerprint density at radius 2 is 0.925 bits per heavy atom. The van der Waals surface area contributed by atoms with Crippen molar-refractivity contribution in [3.05, 3.63) is 132 Å². The lowest BCUT2D eigenvalue weighted by Gasteiger charge is -2.13. The predicted molar refractivity (Wildman–Crippen MR) is 176 cm³/mol. The summed E-state index contributed by atoms with van der Waals surface area (Å²) in [6, 6.07) is 34.8. The summed E-state index contributed by atoms with van der Waals surface area (Å²) in [7, 11) is 0. The Balaban J connectivity index is 1.34. The minimum atomic E-state index is 0.900. The fraction of sp³-hybridized carbons (Fsp3) is 0.158. The summed E-state index contributed by atoms with van der Waals surface area (Å²) in [5.74, 6) is 0. The molecule has 40 heavy (non-hydrogen) atoms. The van der Waals surface area contributed by atoms with E-state index in [4.69, 9.17) is 0 Å². The van der Waals surface area contributed by atoms with Gasteiger partial charge in [0.2, 0.25) is 0 Å². The molecule has 6 aromatic rings. The molecule has 2 aromatic heterocycles. The highest BCUT2D eigenvalue weighted by molar-refractivity contribution is 6.11. The number of hydrogen-bond donors (Lipinski definition) is 0. The fourth-order valence-electron chi connectivity index (χ4n) is 5.98. The lowest BCUT2D eigenvalue weighted by molar-refractivity contribution is 1.14. The van der Waals surface area contributed by atoms with Crippen molar-refractivity contribution < 1.29 is 0 Å². The van der Waals surface area contributed by atoms with Gasteiger partial charge in [-0.3, -0.25) is 0 Å². The fourth-order valence-corrected chi connectivity index (χ4v) is 5.98. The molecule has 2 heterocycles. The van der Waals surface area contributed by atoms with Gasteiger partial charge in [-0.2, -0.15) is 0 Å². The summed E-state index contributed by atoms with van der Waals surface area (Å²) in [6.07, 6.45) is 7.91. The van der Waals surface area contributed by atoms with Gasteiger partial charge in [-0.1, -0.05) is 95.6 Å². The smallest absolute Gasteiger partial charge is 0.0541 e. The third-order valence-electron chi connectivity index (χ3n) is 7.83. The van der Waals surface area contributed by atoms with Crippen molar-refractivity contribution in [1.82, 2.24) is 9.13 Å². The third-order valence-corrected chi connectivity index (χ3v) is 7.83. The van der Waals surface area contributed by atoms with Crippen LogP contribution in [-0.4, -0.2) is 9.13 Å². The Morgan fingerprint density at radius 1 is 0.525 bits per heavy atom. The van der Waals surface area contributed by atoms with Crippen molar-refractivity contribution in [3.63, 3.8) is 0 Å². The molecule has 0 aliphatic carbocycles. The van der Waals surface area contributed by atoms with Crippen molar-refractivity contribution >= 4 is 55.0 Å². The molecule has 4 aromatic carbocycles. The second-order valence-electron chi connectivity index (χ2n) is 11.1. The normalized spacial score (nSPS) is 13.2. The number of rotatable bonds is 6. The molecular weight excluding hydrogens is 484 g/mol. The van der Waals surface area contributed by atoms with Crippen LogP contribution in [0.25, 0.3) is 55.0 Å². The monoisotopic (exact) mass is 520 g/mol. The van der Waals surface area contributed by atoms with Crippen molar-refractivity contribution in [2.24, 2.45) is 0 Å². The van der Waals surface area contributed by atoms with Gasteiger partial charge >= 0.3 is 0 Å². The zero-order valence-corrected chi connectivity index (χ0v) is 24.1. The molecule has 0 radical (unpaired) electrons. The third kappa shape index (κ3) is 4.50. The van der Waals surface area contributed by atoms with E-state index in [9.17, 15) is 0 Å². The molecule has 0 amide bonds. The van der Waals surface area contributed by atoms with Crippen LogP contribution in [0.5, 0.6) is 0 Å². The Hall–Kier alpha value is -4.56. The van der Waals surface area contributed by atoms with E-state index in [0.29, 0.717) is 0 Å². The van der Waals surface area contributed by atoms with Gasteiger partial charge in [0.05, 0.1) is 22.1 Å². The number of para-hydroxylation sites is 4. The lowest BCUT2D eigenvalue weighted by Crippen LogP contribution is -1.97. The molecule has 0 N–H and O–H groups in total. The maximum absolute atomic E-state index is 2.42. The van der Waals surface area contributed by atoms with Gasteiger partial charge in [0.15, 0.2) is 0 Å². The average Bonchev–Trinajstić information content (AvgIpc) is 3.48. The van der Waals surface area contributed by atoms with Gasteiger partial charge in [0.1, 0.15) is 0 Å². The van der Waals surface area contributed by atoms with Gasteiger partial charge in [-0.25, -0.2) is 0 Å². The molecular formula is C38H36N2. The maximum atomic E-state index is 2.42. The van der Waals surface area contributed by atoms with Crippen molar-refractivity contribution in [1.29, 1.82) is 0 Å². The zero-order valence-electron chi connectivity index (χ0n) is 24.1. The first kappa shape index (κ1) is 25.7. The summed E-state index contributed by atoms with van der Waals surface area (Å²) in [4.78, 5) is 0. The van der Waals surface area contributed by atoms with E-state index in [1.807, 2.05) is 0 Å². The number of nitrogens with zero attached hydrogens (tertiary/aromatic N) is 2. The second kappa shape index (κ2) is 10.5. The predicted octanol–water partition coefficient (Wildman–Crippen LogP) is 11.0. The van der Waals surface area contributed by atoms with E-state index in [-0.39, 0.29) is 0 Å². The molecule has 0 fully saturated rings. The standard InChI is InChI=1S/C38H36N2/c1-26(2)38(40-36-20-12-8-16-32(36)33-17-9-13-21-37(33)40)25-28(4)23-22-27(3)24-29(5)39-34-18-10-6-14-30(34)31-15-7-11-19-35(31)39/h6-22,24-25H,23H2,1-5H3/b27-22+,28-25-,29-24+. The molecule has 2 heteroatoms. The van der Waals surface area contributed by atoms with Crippen LogP contribution in [0.4, 0.5) is 0 Å². The lowest BCUT2D eigenvalue weighted by atomic mass is 10.1. The van der Waals surface area contributed by atoms with E-state index in [1.165, 1.54) is 71.7 Å². The van der Waals surface area contributed by atoms with E-state index in [0.717, 1.165) is 6.42 Å². The second-order valence-corrected chi connectivity index (χ2v) is 11.1. The molecule has 0 spiro atoms. The van der Waals surface area contributed by atoms with Crippen LogP contribution in [0.2, 0.25) is 0 Å². The highest BCUT2D eigenvalue weighted by atomic mass is 15.0. The maximum Gasteiger partial charge on any atom is 0.0541 e. The SMILES string of the molecule is CC(C)=C(/C=C(/C)C/C=C(C)/C=C(\C)n1c2ccccc2c2ccccc21)n1c2ccccc2c2ccccc21. The average molecular weight is 521 g/mol.